The monoisotopic (exact) mass is 214 g/mol. The fourth-order valence-corrected chi connectivity index (χ4v) is 1.95. The number of hydrogen-bond donors (Lipinski definition) is 2. The van der Waals surface area contributed by atoms with Gasteiger partial charge in [-0.3, -0.25) is 9.69 Å². The lowest BCUT2D eigenvalue weighted by atomic mass is 9.87. The predicted molar refractivity (Wildman–Crippen MR) is 59.9 cm³/mol. The van der Waals surface area contributed by atoms with Gasteiger partial charge in [0.05, 0.1) is 0 Å². The Hall–Kier alpha value is -0.610. The molecular formula is C11H22N2O2. The predicted octanol–water partition coefficient (Wildman–Crippen LogP) is 0.781. The normalized spacial score (nSPS) is 21.3. The average Bonchev–Trinajstić information content (AvgIpc) is 2.14. The molecule has 88 valence electrons. The van der Waals surface area contributed by atoms with Gasteiger partial charge in [-0.15, -0.1) is 0 Å². The van der Waals surface area contributed by atoms with E-state index < -0.39 is 5.97 Å². The number of hydrogen-bond acceptors (Lipinski definition) is 3. The van der Waals surface area contributed by atoms with Crippen molar-refractivity contribution in [2.45, 2.75) is 33.2 Å². The minimum absolute atomic E-state index is 0.0634. The smallest absolute Gasteiger partial charge is 0.320 e. The maximum absolute atomic E-state index is 11.2. The van der Waals surface area contributed by atoms with E-state index in [1.807, 2.05) is 0 Å². The Kier molecular flexibility index (Phi) is 4.11. The Balaban J connectivity index is 2.60. The van der Waals surface area contributed by atoms with E-state index in [2.05, 4.69) is 31.0 Å². The summed E-state index contributed by atoms with van der Waals surface area (Å²) in [6.45, 7) is 9.74. The molecule has 1 aliphatic rings. The Morgan fingerprint density at radius 3 is 2.33 bits per heavy atom. The third kappa shape index (κ3) is 4.18. The molecule has 1 heterocycles. The molecule has 2 N–H and O–H groups in total. The van der Waals surface area contributed by atoms with E-state index in [4.69, 9.17) is 0 Å². The largest absolute Gasteiger partial charge is 0.480 e. The summed E-state index contributed by atoms with van der Waals surface area (Å²) in [5, 5.41) is 12.5. The van der Waals surface area contributed by atoms with Gasteiger partial charge in [0, 0.05) is 26.2 Å². The van der Waals surface area contributed by atoms with Crippen molar-refractivity contribution in [3.8, 4) is 0 Å². The zero-order valence-electron chi connectivity index (χ0n) is 9.92. The molecule has 1 fully saturated rings. The first-order valence-electron chi connectivity index (χ1n) is 5.58. The maximum atomic E-state index is 11.2. The molecule has 0 aromatic carbocycles. The standard InChI is InChI=1S/C11H22N2O2/c1-11(2,3)8-9(10(14)15)13-6-4-12-5-7-13/h9,12H,4-8H2,1-3H3,(H,14,15). The van der Waals surface area contributed by atoms with Crippen molar-refractivity contribution in [1.29, 1.82) is 0 Å². The molecule has 0 spiro atoms. The molecule has 4 nitrogen and oxygen atoms in total. The molecule has 0 saturated carbocycles. The molecule has 0 bridgehead atoms. The van der Waals surface area contributed by atoms with Crippen molar-refractivity contribution in [3.63, 3.8) is 0 Å². The van der Waals surface area contributed by atoms with Gasteiger partial charge in [-0.1, -0.05) is 20.8 Å². The van der Waals surface area contributed by atoms with E-state index >= 15 is 0 Å². The van der Waals surface area contributed by atoms with E-state index in [1.54, 1.807) is 0 Å². The van der Waals surface area contributed by atoms with Crippen molar-refractivity contribution in [3.05, 3.63) is 0 Å². The number of carbonyl (C=O) groups is 1. The van der Waals surface area contributed by atoms with Crippen LogP contribution in [0.1, 0.15) is 27.2 Å². The molecular weight excluding hydrogens is 192 g/mol. The van der Waals surface area contributed by atoms with Crippen molar-refractivity contribution in [1.82, 2.24) is 10.2 Å². The first-order valence-corrected chi connectivity index (χ1v) is 5.58. The quantitative estimate of drug-likeness (QED) is 0.729. The van der Waals surface area contributed by atoms with Gasteiger partial charge >= 0.3 is 5.97 Å². The first-order chi connectivity index (χ1) is 6.90. The number of nitrogens with zero attached hydrogens (tertiary/aromatic N) is 1. The summed E-state index contributed by atoms with van der Waals surface area (Å²) in [6, 6.07) is -0.327. The summed E-state index contributed by atoms with van der Waals surface area (Å²) in [4.78, 5) is 13.3. The highest BCUT2D eigenvalue weighted by molar-refractivity contribution is 5.73. The lowest BCUT2D eigenvalue weighted by Crippen LogP contribution is -2.52. The molecule has 1 aliphatic heterocycles. The zero-order valence-corrected chi connectivity index (χ0v) is 9.92. The van der Waals surface area contributed by atoms with Gasteiger partial charge in [-0.2, -0.15) is 0 Å². The van der Waals surface area contributed by atoms with Crippen LogP contribution in [0.4, 0.5) is 0 Å². The molecule has 0 aromatic rings. The van der Waals surface area contributed by atoms with Gasteiger partial charge in [-0.05, 0) is 11.8 Å². The van der Waals surface area contributed by atoms with Gasteiger partial charge in [0.1, 0.15) is 6.04 Å². The van der Waals surface area contributed by atoms with Gasteiger partial charge < -0.3 is 10.4 Å². The number of carboxylic acids is 1. The summed E-state index contributed by atoms with van der Waals surface area (Å²) in [6.07, 6.45) is 0.711. The minimum Gasteiger partial charge on any atom is -0.480 e. The number of rotatable bonds is 3. The third-order valence-electron chi connectivity index (χ3n) is 2.68. The Morgan fingerprint density at radius 2 is 1.93 bits per heavy atom. The third-order valence-corrected chi connectivity index (χ3v) is 2.68. The van der Waals surface area contributed by atoms with Crippen molar-refractivity contribution in [2.75, 3.05) is 26.2 Å². The minimum atomic E-state index is -0.688. The lowest BCUT2D eigenvalue weighted by Gasteiger charge is -2.35. The van der Waals surface area contributed by atoms with E-state index in [9.17, 15) is 9.90 Å². The van der Waals surface area contributed by atoms with Crippen LogP contribution in [0.3, 0.4) is 0 Å². The van der Waals surface area contributed by atoms with Crippen LogP contribution in [0.15, 0.2) is 0 Å². The molecule has 15 heavy (non-hydrogen) atoms. The van der Waals surface area contributed by atoms with Crippen LogP contribution < -0.4 is 5.32 Å². The molecule has 1 rings (SSSR count). The van der Waals surface area contributed by atoms with Crippen molar-refractivity contribution < 1.29 is 9.90 Å². The molecule has 1 atom stereocenters. The van der Waals surface area contributed by atoms with Gasteiger partial charge in [0.2, 0.25) is 0 Å². The Bertz CT molecular complexity index is 217. The fraction of sp³-hybridized carbons (Fsp3) is 0.909. The topological polar surface area (TPSA) is 52.6 Å². The summed E-state index contributed by atoms with van der Waals surface area (Å²) >= 11 is 0. The number of aliphatic carboxylic acids is 1. The first kappa shape index (κ1) is 12.5. The molecule has 0 amide bonds. The van der Waals surface area contributed by atoms with Crippen LogP contribution in [0, 0.1) is 5.41 Å². The molecule has 0 aromatic heterocycles. The van der Waals surface area contributed by atoms with Gasteiger partial charge in [-0.25, -0.2) is 0 Å². The molecule has 0 radical (unpaired) electrons. The lowest BCUT2D eigenvalue weighted by molar-refractivity contribution is -0.144. The maximum Gasteiger partial charge on any atom is 0.320 e. The molecule has 0 aliphatic carbocycles. The number of nitrogens with one attached hydrogen (secondary N) is 1. The second-order valence-corrected chi connectivity index (χ2v) is 5.40. The average molecular weight is 214 g/mol. The Labute approximate surface area is 91.6 Å². The van der Waals surface area contributed by atoms with Crippen LogP contribution in [0.5, 0.6) is 0 Å². The van der Waals surface area contributed by atoms with E-state index in [0.717, 1.165) is 26.2 Å². The van der Waals surface area contributed by atoms with E-state index in [1.165, 1.54) is 0 Å². The van der Waals surface area contributed by atoms with Crippen LogP contribution >= 0.6 is 0 Å². The summed E-state index contributed by atoms with van der Waals surface area (Å²) in [5.74, 6) is -0.688. The highest BCUT2D eigenvalue weighted by Gasteiger charge is 2.30. The fourth-order valence-electron chi connectivity index (χ4n) is 1.95. The molecule has 1 saturated heterocycles. The summed E-state index contributed by atoms with van der Waals surface area (Å²) in [7, 11) is 0. The van der Waals surface area contributed by atoms with Crippen molar-refractivity contribution in [2.24, 2.45) is 5.41 Å². The Morgan fingerprint density at radius 1 is 1.40 bits per heavy atom. The number of carboxylic acid groups (broad SMARTS) is 1. The van der Waals surface area contributed by atoms with Gasteiger partial charge in [0.15, 0.2) is 0 Å². The number of piperazine rings is 1. The molecule has 4 heteroatoms. The second-order valence-electron chi connectivity index (χ2n) is 5.40. The van der Waals surface area contributed by atoms with Crippen LogP contribution in [0.25, 0.3) is 0 Å². The zero-order chi connectivity index (χ0) is 11.5. The highest BCUT2D eigenvalue weighted by atomic mass is 16.4. The van der Waals surface area contributed by atoms with E-state index in [-0.39, 0.29) is 11.5 Å². The summed E-state index contributed by atoms with van der Waals surface area (Å²) in [5.41, 5.74) is 0.0634. The second kappa shape index (κ2) is 4.94. The van der Waals surface area contributed by atoms with Gasteiger partial charge in [0.25, 0.3) is 0 Å². The SMILES string of the molecule is CC(C)(C)CC(C(=O)O)N1CCNCC1. The van der Waals surface area contributed by atoms with Crippen LogP contribution in [-0.2, 0) is 4.79 Å². The highest BCUT2D eigenvalue weighted by Crippen LogP contribution is 2.23. The van der Waals surface area contributed by atoms with E-state index in [0.29, 0.717) is 6.42 Å². The van der Waals surface area contributed by atoms with Crippen LogP contribution in [-0.4, -0.2) is 48.2 Å². The summed E-state index contributed by atoms with van der Waals surface area (Å²) < 4.78 is 0. The molecule has 1 unspecified atom stereocenters. The van der Waals surface area contributed by atoms with Crippen LogP contribution in [0.2, 0.25) is 0 Å². The van der Waals surface area contributed by atoms with Crippen molar-refractivity contribution >= 4 is 5.97 Å².